The highest BCUT2D eigenvalue weighted by atomic mass is 35.5. The smallest absolute Gasteiger partial charge is 0.282 e. The minimum absolute atomic E-state index is 0.0198. The number of aromatic hydroxyl groups is 3. The fourth-order valence-corrected chi connectivity index (χ4v) is 20.8. The van der Waals surface area contributed by atoms with E-state index in [0.717, 1.165) is 24.1 Å². The SMILES string of the molecule is C=CC(=O)N1CC2C(=O)Nc3c(c4cc(F)c(-c5c(O)cccc5Cl)nc4n(-c4c(C)ccnc4C(C)C)c3=O)N2CC1C.C=CC(=O)N1CC2CN(C)c3c(c4cc(F)c(-c5c(O)cccc5Cl)nc4n(-c4c(C)ccnc4C(C)C)c3=O)N2CC1C.C=CC(=O)N1CC2CN(CCCN(C)C)c3c(c4cc(F)c(-c5c(O)cccc5Cl)nc4n(-c4c(C)ccnc4C(C)C)c3=O)N2CC1C. The minimum Gasteiger partial charge on any atom is -0.507 e. The Kier molecular flexibility index (Phi) is 26.8. The summed E-state index contributed by atoms with van der Waals surface area (Å²) in [7, 11) is 5.86. The summed E-state index contributed by atoms with van der Waals surface area (Å²) in [5, 5.41) is 36.5. The number of hydrogen-bond donors (Lipinski definition) is 4. The number of rotatable bonds is 16. The Morgan fingerprint density at radius 2 is 0.825 bits per heavy atom. The second kappa shape index (κ2) is 38.1. The molecule has 18 rings (SSSR count). The van der Waals surface area contributed by atoms with Gasteiger partial charge in [0.1, 0.15) is 57.4 Å². The molecule has 4 N–H and O–H groups in total. The van der Waals surface area contributed by atoms with E-state index in [4.69, 9.17) is 49.8 Å². The molecule has 3 fully saturated rings. The molecule has 0 bridgehead atoms. The average Bonchev–Trinajstić information content (AvgIpc) is 0.690. The molecular weight excluding hydrogens is 1810 g/mol. The number of halogens is 6. The normalized spacial score (nSPS) is 17.8. The van der Waals surface area contributed by atoms with Crippen molar-refractivity contribution in [3.8, 4) is 68.1 Å². The van der Waals surface area contributed by atoms with E-state index in [0.29, 0.717) is 125 Å². The van der Waals surface area contributed by atoms with Gasteiger partial charge in [0, 0.05) is 112 Å². The molecule has 0 saturated carbocycles. The first-order chi connectivity index (χ1) is 65.2. The van der Waals surface area contributed by atoms with Crippen LogP contribution in [0, 0.1) is 38.2 Å². The first-order valence-electron chi connectivity index (χ1n) is 45.4. The zero-order valence-electron chi connectivity index (χ0n) is 78.7. The number of likely N-dealkylation sites (N-methyl/N-ethyl adjacent to an activating group) is 1. The Bertz CT molecular complexity index is 7150. The van der Waals surface area contributed by atoms with Gasteiger partial charge in [-0.25, -0.2) is 28.1 Å². The fraction of sp³-hybridized carbons (Fsp3) is 0.343. The van der Waals surface area contributed by atoms with E-state index in [1.54, 1.807) is 68.2 Å². The van der Waals surface area contributed by atoms with Crippen LogP contribution in [0.5, 0.6) is 17.2 Å². The highest BCUT2D eigenvalue weighted by Gasteiger charge is 2.48. The van der Waals surface area contributed by atoms with E-state index >= 15 is 18.0 Å². The predicted molar refractivity (Wildman–Crippen MR) is 533 cm³/mol. The van der Waals surface area contributed by atoms with Crippen molar-refractivity contribution in [2.75, 3.05) is 116 Å². The number of pyridine rings is 9. The van der Waals surface area contributed by atoms with Crippen molar-refractivity contribution in [1.82, 2.24) is 63.2 Å². The Morgan fingerprint density at radius 3 is 1.20 bits per heavy atom. The molecule has 6 aliphatic rings. The van der Waals surface area contributed by atoms with Gasteiger partial charge in [-0.3, -0.25) is 62.2 Å². The van der Waals surface area contributed by atoms with Crippen LogP contribution < -0.4 is 46.5 Å². The van der Waals surface area contributed by atoms with Gasteiger partial charge in [-0.2, -0.15) is 0 Å². The lowest BCUT2D eigenvalue weighted by molar-refractivity contribution is -0.131. The number of aromatic nitrogens is 9. The third kappa shape index (κ3) is 17.0. The van der Waals surface area contributed by atoms with Crippen LogP contribution in [0.4, 0.5) is 47.3 Å². The first kappa shape index (κ1) is 96.4. The summed E-state index contributed by atoms with van der Waals surface area (Å²) in [6, 6.07) is 21.1. The monoisotopic (exact) mass is 1920 g/mol. The fourth-order valence-electron chi connectivity index (χ4n) is 20.0. The number of piperazine rings is 3. The van der Waals surface area contributed by atoms with Crippen LogP contribution in [0.15, 0.2) is 162 Å². The maximum Gasteiger partial charge on any atom is 0.282 e. The molecule has 6 atom stereocenters. The van der Waals surface area contributed by atoms with Gasteiger partial charge in [0.05, 0.1) is 102 Å². The zero-order chi connectivity index (χ0) is 98.5. The third-order valence-corrected chi connectivity index (χ3v) is 27.4. The molecule has 3 saturated heterocycles. The predicted octanol–water partition coefficient (Wildman–Crippen LogP) is 16.1. The summed E-state index contributed by atoms with van der Waals surface area (Å²) in [5.74, 6) is -4.18. The van der Waals surface area contributed by atoms with Gasteiger partial charge in [0.15, 0.2) is 34.4 Å². The van der Waals surface area contributed by atoms with Crippen LogP contribution in [0.25, 0.3) is 83.9 Å². The van der Waals surface area contributed by atoms with E-state index in [1.165, 1.54) is 75.9 Å². The summed E-state index contributed by atoms with van der Waals surface area (Å²) in [6.45, 7) is 38.5. The molecule has 9 aromatic heterocycles. The molecule has 29 nitrogen and oxygen atoms in total. The van der Waals surface area contributed by atoms with E-state index in [1.807, 2.05) is 126 Å². The summed E-state index contributed by atoms with van der Waals surface area (Å²) in [5.41, 5.74) is 7.09. The molecular formula is C102H107Cl3F3N19O10. The van der Waals surface area contributed by atoms with Crippen LogP contribution >= 0.6 is 34.8 Å². The van der Waals surface area contributed by atoms with Crippen LogP contribution in [-0.4, -0.2) is 225 Å². The molecule has 4 amide bonds. The molecule has 0 aliphatic carbocycles. The number of phenolic OH excluding ortho intramolecular Hbond substituents is 3. The zero-order valence-corrected chi connectivity index (χ0v) is 81.0. The second-order valence-electron chi connectivity index (χ2n) is 36.9. The average molecular weight is 1920 g/mol. The molecule has 712 valence electrons. The third-order valence-electron chi connectivity index (χ3n) is 26.5. The number of amides is 4. The van der Waals surface area contributed by atoms with Crippen molar-refractivity contribution in [1.29, 1.82) is 0 Å². The number of hydrogen-bond acceptors (Lipinski definition) is 22. The molecule has 15 heterocycles. The lowest BCUT2D eigenvalue weighted by Crippen LogP contribution is -2.64. The number of carbonyl (C=O) groups excluding carboxylic acids is 4. The first-order valence-corrected chi connectivity index (χ1v) is 46.5. The maximum atomic E-state index is 16.5. The molecule has 6 unspecified atom stereocenters. The number of nitrogens with one attached hydrogen (secondary N) is 1. The van der Waals surface area contributed by atoms with Crippen molar-refractivity contribution in [3.63, 3.8) is 0 Å². The topological polar surface area (TPSA) is 314 Å². The number of benzene rings is 3. The summed E-state index contributed by atoms with van der Waals surface area (Å²) in [4.78, 5) is 142. The Balaban J connectivity index is 0.000000149. The van der Waals surface area contributed by atoms with Crippen LogP contribution in [0.1, 0.15) is 120 Å². The van der Waals surface area contributed by atoms with Crippen LogP contribution in [0.3, 0.4) is 0 Å². The van der Waals surface area contributed by atoms with Crippen molar-refractivity contribution in [2.45, 2.75) is 144 Å². The number of nitrogens with zero attached hydrogens (tertiary/aromatic N) is 18. The van der Waals surface area contributed by atoms with Gasteiger partial charge in [-0.1, -0.05) is 114 Å². The molecule has 6 aliphatic heterocycles. The standard InChI is InChI=1S/C37H43ClFN7O3.C33H34ClFN6O3.C32H30ClFN6O4/c1-8-29(48)44-20-24-19-43(16-10-15-42(6)7)35-34(45(24)18-23(44)5)25-17-27(39)32(30-26(38)11-9-12-28(30)47)41-36(25)46(37(35)49)33-22(4)13-14-40-31(33)21(2)3;1-7-25(43)39-16-20-15-38(6)31-30(40(20)14-19(39)5)21-13-23(35)28(26-22(34)9-8-10-24(26)42)37-32(21)41(33(31)44)29-18(4)11-12-36-27(29)17(2)3;1-6-23(42)38-14-21-31(43)37-27-29(39(21)13-17(38)5)18-12-20(34)26(24-19(33)8-7-9-22(24)41)36-30(18)40(32(27)44)28-16(4)10-11-35-25(28)15(2)3/h8-9,11-14,17,21,23-24,47H,1,10,15-16,18-20H2,2-7H3;7-13,17,19-20,42H,1,14-16H2,2-6H3;6-12,15,17,21,41H,1,13-14H2,2-5H3,(H,37,43). The lowest BCUT2D eigenvalue weighted by atomic mass is 9.98. The molecule has 137 heavy (non-hydrogen) atoms. The molecule has 0 spiro atoms. The number of aryl methyl sites for hydroxylation is 3. The summed E-state index contributed by atoms with van der Waals surface area (Å²) >= 11 is 19.4. The Hall–Kier alpha value is -13.7. The van der Waals surface area contributed by atoms with E-state index in [2.05, 4.69) is 59.6 Å². The van der Waals surface area contributed by atoms with E-state index in [9.17, 15) is 44.1 Å². The largest absolute Gasteiger partial charge is 0.507 e. The number of phenols is 3. The summed E-state index contributed by atoms with van der Waals surface area (Å²) in [6.07, 6.45) is 9.71. The highest BCUT2D eigenvalue weighted by Crippen LogP contribution is 2.50. The van der Waals surface area contributed by atoms with Gasteiger partial charge < -0.3 is 64.7 Å². The Morgan fingerprint density at radius 1 is 0.474 bits per heavy atom. The van der Waals surface area contributed by atoms with Gasteiger partial charge in [-0.15, -0.1) is 0 Å². The van der Waals surface area contributed by atoms with Gasteiger partial charge in [0.2, 0.25) is 23.6 Å². The summed E-state index contributed by atoms with van der Waals surface area (Å²) < 4.78 is 53.4. The quantitative estimate of drug-likeness (QED) is 0.0653. The molecule has 12 aromatic rings. The lowest BCUT2D eigenvalue weighted by Gasteiger charge is -2.51. The van der Waals surface area contributed by atoms with Gasteiger partial charge in [0.25, 0.3) is 16.7 Å². The second-order valence-corrected chi connectivity index (χ2v) is 38.2. The number of carbonyl (C=O) groups is 4. The van der Waals surface area contributed by atoms with Gasteiger partial charge >= 0.3 is 0 Å². The highest BCUT2D eigenvalue weighted by molar-refractivity contribution is 6.34. The van der Waals surface area contributed by atoms with Crippen LogP contribution in [0.2, 0.25) is 15.1 Å². The van der Waals surface area contributed by atoms with Gasteiger partial charge in [-0.05, 0) is 194 Å². The van der Waals surface area contributed by atoms with Crippen molar-refractivity contribution in [2.24, 2.45) is 0 Å². The number of fused-ring (bicyclic) bond motifs is 15. The molecule has 35 heteroatoms. The Labute approximate surface area is 804 Å². The van der Waals surface area contributed by atoms with Crippen LogP contribution in [-0.2, 0) is 19.2 Å². The van der Waals surface area contributed by atoms with E-state index in [-0.39, 0.29) is 184 Å². The number of anilines is 6. The molecule has 0 radical (unpaired) electrons. The van der Waals surface area contributed by atoms with Crippen molar-refractivity contribution in [3.05, 3.63) is 245 Å². The maximum absolute atomic E-state index is 16.5. The molecule has 3 aromatic carbocycles. The van der Waals surface area contributed by atoms with E-state index < -0.39 is 35.0 Å². The minimum atomic E-state index is -0.845. The van der Waals surface area contributed by atoms with Crippen molar-refractivity contribution < 1.29 is 47.7 Å². The van der Waals surface area contributed by atoms with Crippen molar-refractivity contribution >= 4 is 126 Å².